The van der Waals surface area contributed by atoms with Crippen molar-refractivity contribution in [3.63, 3.8) is 0 Å². The third-order valence-electron chi connectivity index (χ3n) is 7.44. The molecule has 3 aliphatic rings. The Balaban J connectivity index is 2.04. The largest absolute Gasteiger partial charge is 0.508 e. The first-order valence-electron chi connectivity index (χ1n) is 10.5. The second kappa shape index (κ2) is 7.14. The van der Waals surface area contributed by atoms with Crippen molar-refractivity contribution in [3.8, 4) is 5.75 Å². The number of hydrogen-bond donors (Lipinski definition) is 6. The lowest BCUT2D eigenvalue weighted by atomic mass is 9.54. The summed E-state index contributed by atoms with van der Waals surface area (Å²) in [7, 11) is 1.56. The molecule has 10 heteroatoms. The summed E-state index contributed by atoms with van der Waals surface area (Å²) in [5.41, 5.74) is -0.487. The van der Waals surface area contributed by atoms with Crippen LogP contribution in [0, 0.1) is 11.8 Å². The van der Waals surface area contributed by atoms with E-state index in [0.29, 0.717) is 6.54 Å². The molecule has 33 heavy (non-hydrogen) atoms. The minimum Gasteiger partial charge on any atom is -0.508 e. The first-order valence-corrected chi connectivity index (χ1v) is 10.5. The van der Waals surface area contributed by atoms with Gasteiger partial charge < -0.3 is 31.3 Å². The summed E-state index contributed by atoms with van der Waals surface area (Å²) in [6.45, 7) is 3.44. The zero-order valence-electron chi connectivity index (χ0n) is 18.4. The number of ketones is 2. The SMILES string of the molecule is CCN(C)[C@@H]1C(=O)C(C(N)=O)=C(O)[C@@]2(O)C(=O)C3=C(O)c4c(O)cccc4[C@@](C)(O)[C@@H]3C[C@@H]12. The van der Waals surface area contributed by atoms with Crippen LogP contribution < -0.4 is 5.73 Å². The van der Waals surface area contributed by atoms with Crippen molar-refractivity contribution in [2.75, 3.05) is 13.6 Å². The van der Waals surface area contributed by atoms with Crippen molar-refractivity contribution in [1.82, 2.24) is 4.90 Å². The fourth-order valence-electron chi connectivity index (χ4n) is 5.61. The monoisotopic (exact) mass is 458 g/mol. The Morgan fingerprint density at radius 2 is 1.85 bits per heavy atom. The first kappa shape index (κ1) is 23.0. The fraction of sp³-hybridized carbons (Fsp3) is 0.435. The molecule has 0 heterocycles. The molecule has 3 aliphatic carbocycles. The fourth-order valence-corrected chi connectivity index (χ4v) is 5.61. The molecule has 0 radical (unpaired) electrons. The van der Waals surface area contributed by atoms with Crippen LogP contribution in [0.4, 0.5) is 0 Å². The molecule has 1 aromatic carbocycles. The summed E-state index contributed by atoms with van der Waals surface area (Å²) in [6, 6.07) is 3.04. The molecule has 176 valence electrons. The van der Waals surface area contributed by atoms with Gasteiger partial charge >= 0.3 is 0 Å². The maximum Gasteiger partial charge on any atom is 0.255 e. The van der Waals surface area contributed by atoms with Gasteiger partial charge in [-0.25, -0.2) is 0 Å². The third kappa shape index (κ3) is 2.74. The number of nitrogens with zero attached hydrogens (tertiary/aromatic N) is 1. The molecule has 0 saturated heterocycles. The second-order valence-corrected chi connectivity index (χ2v) is 9.07. The van der Waals surface area contributed by atoms with Crippen LogP contribution in [-0.2, 0) is 20.0 Å². The van der Waals surface area contributed by atoms with Crippen LogP contribution in [0.2, 0.25) is 0 Å². The third-order valence-corrected chi connectivity index (χ3v) is 7.44. The Hall–Kier alpha value is -3.21. The number of phenols is 1. The number of rotatable bonds is 3. The van der Waals surface area contributed by atoms with Gasteiger partial charge in [-0.2, -0.15) is 0 Å². The predicted octanol–water partition coefficient (Wildman–Crippen LogP) is 0.0191. The molecule has 4 rings (SSSR count). The van der Waals surface area contributed by atoms with Gasteiger partial charge in [0.2, 0.25) is 5.78 Å². The van der Waals surface area contributed by atoms with Crippen molar-refractivity contribution in [3.05, 3.63) is 46.2 Å². The number of nitrogens with two attached hydrogens (primary N) is 1. The van der Waals surface area contributed by atoms with E-state index < -0.39 is 75.0 Å². The molecule has 1 aromatic rings. The highest BCUT2D eigenvalue weighted by Crippen LogP contribution is 2.57. The number of carbonyl (C=O) groups excluding carboxylic acids is 3. The van der Waals surface area contributed by atoms with Crippen LogP contribution in [0.25, 0.3) is 5.76 Å². The van der Waals surface area contributed by atoms with E-state index in [4.69, 9.17) is 5.73 Å². The van der Waals surface area contributed by atoms with Crippen LogP contribution >= 0.6 is 0 Å². The predicted molar refractivity (Wildman–Crippen MR) is 115 cm³/mol. The highest BCUT2D eigenvalue weighted by Gasteiger charge is 2.66. The van der Waals surface area contributed by atoms with E-state index in [1.165, 1.54) is 30.0 Å². The number of hydrogen-bond acceptors (Lipinski definition) is 9. The van der Waals surface area contributed by atoms with Crippen molar-refractivity contribution >= 4 is 23.2 Å². The number of aromatic hydroxyl groups is 1. The van der Waals surface area contributed by atoms with Gasteiger partial charge in [0.1, 0.15) is 22.8 Å². The highest BCUT2D eigenvalue weighted by atomic mass is 16.3. The minimum absolute atomic E-state index is 0.170. The Morgan fingerprint density at radius 1 is 1.21 bits per heavy atom. The van der Waals surface area contributed by atoms with Crippen molar-refractivity contribution in [1.29, 1.82) is 0 Å². The summed E-state index contributed by atoms with van der Waals surface area (Å²) in [6.07, 6.45) is -0.194. The zero-order chi connectivity index (χ0) is 24.6. The van der Waals surface area contributed by atoms with Crippen molar-refractivity contribution in [2.24, 2.45) is 17.6 Å². The molecule has 1 fully saturated rings. The quantitative estimate of drug-likeness (QED) is 0.340. The molecule has 0 aliphatic heterocycles. The van der Waals surface area contributed by atoms with E-state index in [9.17, 15) is 39.9 Å². The molecule has 10 nitrogen and oxygen atoms in total. The Morgan fingerprint density at radius 3 is 2.42 bits per heavy atom. The Kier molecular flexibility index (Phi) is 4.97. The molecule has 7 N–H and O–H groups in total. The number of primary amides is 1. The first-order chi connectivity index (χ1) is 15.3. The Bertz CT molecular complexity index is 1170. The van der Waals surface area contributed by atoms with Gasteiger partial charge in [-0.05, 0) is 38.6 Å². The van der Waals surface area contributed by atoms with Gasteiger partial charge in [-0.3, -0.25) is 19.3 Å². The number of carbonyl (C=O) groups is 3. The maximum absolute atomic E-state index is 13.7. The van der Waals surface area contributed by atoms with Gasteiger partial charge in [0.05, 0.1) is 17.2 Å². The van der Waals surface area contributed by atoms with Gasteiger partial charge in [-0.15, -0.1) is 0 Å². The van der Waals surface area contributed by atoms with E-state index in [-0.39, 0.29) is 17.5 Å². The average Bonchev–Trinajstić information content (AvgIpc) is 2.74. The van der Waals surface area contributed by atoms with Gasteiger partial charge in [-0.1, -0.05) is 19.1 Å². The lowest BCUT2D eigenvalue weighted by molar-refractivity contribution is -0.159. The van der Waals surface area contributed by atoms with E-state index in [1.54, 1.807) is 14.0 Å². The summed E-state index contributed by atoms with van der Waals surface area (Å²) in [5, 5.41) is 55.2. The van der Waals surface area contributed by atoms with Crippen LogP contribution in [0.15, 0.2) is 35.1 Å². The van der Waals surface area contributed by atoms with Crippen LogP contribution in [0.5, 0.6) is 5.75 Å². The molecule has 0 aromatic heterocycles. The number of phenolic OH excluding ortho intramolecular Hbond substituents is 1. The molecule has 1 saturated carbocycles. The van der Waals surface area contributed by atoms with E-state index in [1.807, 2.05) is 0 Å². The smallest absolute Gasteiger partial charge is 0.255 e. The molecular formula is C23H26N2O8. The summed E-state index contributed by atoms with van der Waals surface area (Å²) >= 11 is 0. The number of likely N-dealkylation sites (N-methyl/N-ethyl adjacent to an activating group) is 1. The lowest BCUT2D eigenvalue weighted by Crippen LogP contribution is -2.67. The molecule has 0 spiro atoms. The molecule has 1 amide bonds. The molecule has 0 unspecified atom stereocenters. The lowest BCUT2D eigenvalue weighted by Gasteiger charge is -2.53. The molecule has 5 atom stereocenters. The van der Waals surface area contributed by atoms with E-state index in [2.05, 4.69) is 0 Å². The van der Waals surface area contributed by atoms with Crippen molar-refractivity contribution < 1.29 is 39.9 Å². The number of fused-ring (bicyclic) bond motifs is 3. The van der Waals surface area contributed by atoms with E-state index in [0.717, 1.165) is 0 Å². The maximum atomic E-state index is 13.7. The number of aliphatic hydroxyl groups is 4. The number of amides is 1. The highest BCUT2D eigenvalue weighted by molar-refractivity contribution is 6.24. The normalized spacial score (nSPS) is 33.7. The summed E-state index contributed by atoms with van der Waals surface area (Å²) in [4.78, 5) is 40.5. The van der Waals surface area contributed by atoms with E-state index >= 15 is 0 Å². The molecule has 0 bridgehead atoms. The van der Waals surface area contributed by atoms with Gasteiger partial charge in [0.15, 0.2) is 11.4 Å². The van der Waals surface area contributed by atoms with Crippen LogP contribution in [0.1, 0.15) is 31.4 Å². The van der Waals surface area contributed by atoms with Gasteiger partial charge in [0.25, 0.3) is 5.91 Å². The minimum atomic E-state index is -2.75. The van der Waals surface area contributed by atoms with Crippen LogP contribution in [0.3, 0.4) is 0 Å². The number of Topliss-reactive ketones (excluding diaryl/α,β-unsaturated/α-hetero) is 2. The summed E-state index contributed by atoms with van der Waals surface area (Å²) < 4.78 is 0. The Labute approximate surface area is 189 Å². The number of benzene rings is 1. The second-order valence-electron chi connectivity index (χ2n) is 9.07. The standard InChI is InChI=1S/C23H26N2O8/c1-4-25(3)16-11-8-10-14(17(27)13-9(22(10,2)32)6-5-7-12(13)26)19(29)23(11,33)20(30)15(18(16)28)21(24)31/h5-7,10-11,16,26-27,30,32-33H,4,8H2,1-3H3,(H2,24,31)/t10-,11+,16+,22-,23+/m1/s1. The van der Waals surface area contributed by atoms with Gasteiger partial charge in [0, 0.05) is 17.4 Å². The average molecular weight is 458 g/mol. The van der Waals surface area contributed by atoms with Crippen LogP contribution in [-0.4, -0.2) is 73.1 Å². The van der Waals surface area contributed by atoms with Crippen molar-refractivity contribution in [2.45, 2.75) is 37.5 Å². The summed E-state index contributed by atoms with van der Waals surface area (Å²) in [5.74, 6) is -7.85. The zero-order valence-corrected chi connectivity index (χ0v) is 18.4. The number of aliphatic hydroxyl groups excluding tert-OH is 2. The molecular weight excluding hydrogens is 432 g/mol. The topological polar surface area (TPSA) is 182 Å².